The van der Waals surface area contributed by atoms with E-state index in [1.54, 1.807) is 39.2 Å². The Balaban J connectivity index is 1.90. The maximum Gasteiger partial charge on any atom is 0.252 e. The number of nitrogens with zero attached hydrogens (tertiary/aromatic N) is 2. The van der Waals surface area contributed by atoms with E-state index in [4.69, 9.17) is 4.74 Å². The van der Waals surface area contributed by atoms with Crippen molar-refractivity contribution < 1.29 is 22.7 Å². The standard InChI is InChI=1S/C23H27N3O5S2/c1-15(2)33(29,30)19-8-5-17(6-9-19)13-22(28)25-23-26(11-12-31-4)20-10-7-18(24-16(3)27)14-21(20)32-23/h5-10,14-15H,11-13H2,1-4H3,(H,24,27). The lowest BCUT2D eigenvalue weighted by atomic mass is 10.1. The molecule has 33 heavy (non-hydrogen) atoms. The first-order chi connectivity index (χ1) is 15.6. The van der Waals surface area contributed by atoms with E-state index in [9.17, 15) is 18.0 Å². The van der Waals surface area contributed by atoms with E-state index in [0.717, 1.165) is 10.2 Å². The first kappa shape index (κ1) is 24.8. The molecule has 0 atom stereocenters. The molecule has 2 aromatic carbocycles. The molecule has 0 aliphatic rings. The molecule has 176 valence electrons. The summed E-state index contributed by atoms with van der Waals surface area (Å²) >= 11 is 1.35. The summed E-state index contributed by atoms with van der Waals surface area (Å²) in [6.45, 7) is 5.68. The van der Waals surface area contributed by atoms with Crippen molar-refractivity contribution in [3.8, 4) is 0 Å². The van der Waals surface area contributed by atoms with Crippen molar-refractivity contribution in [2.24, 2.45) is 4.99 Å². The Hall–Kier alpha value is -2.82. The molecule has 0 radical (unpaired) electrons. The SMILES string of the molecule is COCCn1c(=NC(=O)Cc2ccc(S(=O)(=O)C(C)C)cc2)sc2cc(NC(C)=O)ccc21. The number of benzene rings is 2. The minimum Gasteiger partial charge on any atom is -0.383 e. The molecule has 3 rings (SSSR count). The molecule has 3 aromatic rings. The molecule has 0 fully saturated rings. The van der Waals surface area contributed by atoms with Gasteiger partial charge in [-0.1, -0.05) is 23.5 Å². The van der Waals surface area contributed by atoms with Gasteiger partial charge in [0.25, 0.3) is 5.91 Å². The minimum atomic E-state index is -3.36. The van der Waals surface area contributed by atoms with Crippen molar-refractivity contribution in [3.63, 3.8) is 0 Å². The predicted molar refractivity (Wildman–Crippen MR) is 129 cm³/mol. The van der Waals surface area contributed by atoms with Gasteiger partial charge in [0.15, 0.2) is 14.6 Å². The van der Waals surface area contributed by atoms with E-state index in [1.165, 1.54) is 30.4 Å². The van der Waals surface area contributed by atoms with Gasteiger partial charge in [-0.05, 0) is 49.7 Å². The molecule has 10 heteroatoms. The first-order valence-electron chi connectivity index (χ1n) is 10.4. The van der Waals surface area contributed by atoms with E-state index < -0.39 is 15.1 Å². The summed E-state index contributed by atoms with van der Waals surface area (Å²) in [5.41, 5.74) is 2.24. The number of sulfone groups is 1. The van der Waals surface area contributed by atoms with Crippen LogP contribution in [0, 0.1) is 0 Å². The van der Waals surface area contributed by atoms with E-state index in [0.29, 0.717) is 29.2 Å². The first-order valence-corrected chi connectivity index (χ1v) is 12.8. The normalized spacial score (nSPS) is 12.5. The molecule has 8 nitrogen and oxygen atoms in total. The number of aromatic nitrogens is 1. The molecule has 1 heterocycles. The summed E-state index contributed by atoms with van der Waals surface area (Å²) in [5.74, 6) is -0.500. The fourth-order valence-electron chi connectivity index (χ4n) is 3.23. The van der Waals surface area contributed by atoms with Crippen LogP contribution in [0.2, 0.25) is 0 Å². The van der Waals surface area contributed by atoms with Crippen LogP contribution in [0.1, 0.15) is 26.3 Å². The maximum absolute atomic E-state index is 12.7. The third kappa shape index (κ3) is 5.95. The second-order valence-electron chi connectivity index (χ2n) is 7.81. The highest BCUT2D eigenvalue weighted by molar-refractivity contribution is 7.92. The fraction of sp³-hybridized carbons (Fsp3) is 0.348. The predicted octanol–water partition coefficient (Wildman–Crippen LogP) is 3.16. The summed E-state index contributed by atoms with van der Waals surface area (Å²) in [4.78, 5) is 29.2. The molecule has 0 bridgehead atoms. The van der Waals surface area contributed by atoms with Crippen LogP contribution in [0.4, 0.5) is 5.69 Å². The van der Waals surface area contributed by atoms with Crippen molar-refractivity contribution in [1.82, 2.24) is 4.57 Å². The third-order valence-electron chi connectivity index (χ3n) is 4.97. The molecule has 1 aromatic heterocycles. The van der Waals surface area contributed by atoms with Crippen molar-refractivity contribution in [3.05, 3.63) is 52.8 Å². The Labute approximate surface area is 196 Å². The molecule has 0 saturated heterocycles. The van der Waals surface area contributed by atoms with Crippen LogP contribution in [0.3, 0.4) is 0 Å². The minimum absolute atomic E-state index is 0.0532. The number of rotatable bonds is 8. The number of thiazole rings is 1. The van der Waals surface area contributed by atoms with Crippen LogP contribution in [-0.2, 0) is 37.1 Å². The number of methoxy groups -OCH3 is 1. The fourth-order valence-corrected chi connectivity index (χ4v) is 5.40. The molecule has 2 amide bonds. The van der Waals surface area contributed by atoms with Crippen molar-refractivity contribution in [2.75, 3.05) is 19.0 Å². The highest BCUT2D eigenvalue weighted by Crippen LogP contribution is 2.22. The monoisotopic (exact) mass is 489 g/mol. The number of carbonyl (C=O) groups excluding carboxylic acids is 2. The maximum atomic E-state index is 12.7. The zero-order valence-corrected chi connectivity index (χ0v) is 20.6. The Morgan fingerprint density at radius 3 is 2.45 bits per heavy atom. The average molecular weight is 490 g/mol. The number of anilines is 1. The molecule has 0 spiro atoms. The van der Waals surface area contributed by atoms with Crippen LogP contribution < -0.4 is 10.1 Å². The molecule has 0 aliphatic carbocycles. The lowest BCUT2D eigenvalue weighted by molar-refractivity contribution is -0.117. The molecule has 0 unspecified atom stereocenters. The highest BCUT2D eigenvalue weighted by Gasteiger charge is 2.19. The van der Waals surface area contributed by atoms with E-state index in [2.05, 4.69) is 10.3 Å². The molecular formula is C23H27N3O5S2. The second kappa shape index (κ2) is 10.4. The van der Waals surface area contributed by atoms with Crippen LogP contribution >= 0.6 is 11.3 Å². The summed E-state index contributed by atoms with van der Waals surface area (Å²) in [5, 5.41) is 2.25. The Kier molecular flexibility index (Phi) is 7.83. The van der Waals surface area contributed by atoms with Gasteiger partial charge < -0.3 is 14.6 Å². The highest BCUT2D eigenvalue weighted by atomic mass is 32.2. The number of fused-ring (bicyclic) bond motifs is 1. The molecule has 0 saturated carbocycles. The Bertz CT molecular complexity index is 1340. The van der Waals surface area contributed by atoms with Gasteiger partial charge in [-0.25, -0.2) is 8.42 Å². The van der Waals surface area contributed by atoms with Gasteiger partial charge in [0.1, 0.15) is 0 Å². The van der Waals surface area contributed by atoms with E-state index >= 15 is 0 Å². The Morgan fingerprint density at radius 2 is 1.85 bits per heavy atom. The smallest absolute Gasteiger partial charge is 0.252 e. The molecular weight excluding hydrogens is 462 g/mol. The van der Waals surface area contributed by atoms with Crippen molar-refractivity contribution >= 4 is 48.9 Å². The third-order valence-corrected chi connectivity index (χ3v) is 8.18. The number of carbonyl (C=O) groups is 2. The van der Waals surface area contributed by atoms with Gasteiger partial charge >= 0.3 is 0 Å². The lowest BCUT2D eigenvalue weighted by Crippen LogP contribution is -2.19. The van der Waals surface area contributed by atoms with Gasteiger partial charge in [0.05, 0.1) is 33.4 Å². The van der Waals surface area contributed by atoms with Gasteiger partial charge in [0.2, 0.25) is 5.91 Å². The number of hydrogen-bond acceptors (Lipinski definition) is 6. The van der Waals surface area contributed by atoms with Crippen LogP contribution in [0.15, 0.2) is 52.4 Å². The summed E-state index contributed by atoms with van der Waals surface area (Å²) in [6, 6.07) is 11.9. The molecule has 0 aliphatic heterocycles. The largest absolute Gasteiger partial charge is 0.383 e. The van der Waals surface area contributed by atoms with Crippen LogP contribution in [0.25, 0.3) is 10.2 Å². The number of nitrogens with one attached hydrogen (secondary N) is 1. The average Bonchev–Trinajstić information content (AvgIpc) is 3.07. The van der Waals surface area contributed by atoms with Crippen molar-refractivity contribution in [1.29, 1.82) is 0 Å². The zero-order chi connectivity index (χ0) is 24.2. The van der Waals surface area contributed by atoms with Crippen molar-refractivity contribution in [2.45, 2.75) is 43.9 Å². The van der Waals surface area contributed by atoms with Crippen LogP contribution in [-0.4, -0.2) is 43.8 Å². The van der Waals surface area contributed by atoms with E-state index in [1.807, 2.05) is 16.7 Å². The zero-order valence-electron chi connectivity index (χ0n) is 19.0. The lowest BCUT2D eigenvalue weighted by Gasteiger charge is -2.08. The van der Waals surface area contributed by atoms with Gasteiger partial charge in [-0.2, -0.15) is 4.99 Å². The van der Waals surface area contributed by atoms with Gasteiger partial charge in [-0.3, -0.25) is 9.59 Å². The van der Waals surface area contributed by atoms with Crippen LogP contribution in [0.5, 0.6) is 0 Å². The summed E-state index contributed by atoms with van der Waals surface area (Å²) in [7, 11) is -1.75. The van der Waals surface area contributed by atoms with Gasteiger partial charge in [-0.15, -0.1) is 0 Å². The number of ether oxygens (including phenoxy) is 1. The van der Waals surface area contributed by atoms with Gasteiger partial charge in [0, 0.05) is 26.3 Å². The topological polar surface area (TPSA) is 107 Å². The summed E-state index contributed by atoms with van der Waals surface area (Å²) < 4.78 is 32.6. The summed E-state index contributed by atoms with van der Waals surface area (Å²) in [6.07, 6.45) is 0.0532. The molecule has 1 N–H and O–H groups in total. The van der Waals surface area contributed by atoms with E-state index in [-0.39, 0.29) is 23.1 Å². The number of amides is 2. The Morgan fingerprint density at radius 1 is 1.15 bits per heavy atom. The quantitative estimate of drug-likeness (QED) is 0.523. The number of hydrogen-bond donors (Lipinski definition) is 1. The second-order valence-corrected chi connectivity index (χ2v) is 11.3.